The van der Waals surface area contributed by atoms with Crippen molar-refractivity contribution in [3.8, 4) is 5.75 Å². The number of nitrogens with one attached hydrogen (secondary N) is 1. The zero-order valence-electron chi connectivity index (χ0n) is 16.3. The Labute approximate surface area is 161 Å². The molecule has 0 fully saturated rings. The third-order valence-electron chi connectivity index (χ3n) is 4.30. The topological polar surface area (TPSA) is 75.7 Å². The van der Waals surface area contributed by atoms with E-state index in [0.717, 1.165) is 27.3 Å². The number of carbonyl (C=O) groups is 1. The number of para-hydroxylation sites is 1. The van der Waals surface area contributed by atoms with Gasteiger partial charge in [0.05, 0.1) is 25.1 Å². The van der Waals surface area contributed by atoms with Gasteiger partial charge in [0.1, 0.15) is 12.3 Å². The highest BCUT2D eigenvalue weighted by atomic mass is 32.2. The molecule has 2 aromatic carbocycles. The number of aryl methyl sites for hydroxylation is 2. The molecule has 146 valence electrons. The van der Waals surface area contributed by atoms with Crippen LogP contribution in [0.25, 0.3) is 0 Å². The minimum Gasteiger partial charge on any atom is -0.496 e. The summed E-state index contributed by atoms with van der Waals surface area (Å²) in [7, 11) is -2.05. The molecule has 0 aliphatic rings. The van der Waals surface area contributed by atoms with E-state index in [1.54, 1.807) is 13.2 Å². The Morgan fingerprint density at radius 1 is 1.19 bits per heavy atom. The number of methoxy groups -OCH3 is 1. The Hall–Kier alpha value is -2.54. The minimum atomic E-state index is -3.62. The summed E-state index contributed by atoms with van der Waals surface area (Å²) in [5, 5.41) is 2.85. The van der Waals surface area contributed by atoms with Gasteiger partial charge in [-0.2, -0.15) is 0 Å². The Bertz CT molecular complexity index is 925. The number of anilines is 1. The van der Waals surface area contributed by atoms with Crippen molar-refractivity contribution >= 4 is 21.6 Å². The van der Waals surface area contributed by atoms with E-state index in [4.69, 9.17) is 4.74 Å². The van der Waals surface area contributed by atoms with E-state index in [9.17, 15) is 13.2 Å². The van der Waals surface area contributed by atoms with Crippen LogP contribution in [0.15, 0.2) is 42.5 Å². The summed E-state index contributed by atoms with van der Waals surface area (Å²) in [5.74, 6) is 0.277. The maximum Gasteiger partial charge on any atom is 0.241 e. The molecule has 0 aliphatic heterocycles. The normalized spacial score (nSPS) is 12.3. The van der Waals surface area contributed by atoms with Crippen molar-refractivity contribution < 1.29 is 17.9 Å². The molecule has 1 atom stereocenters. The van der Waals surface area contributed by atoms with Crippen LogP contribution < -0.4 is 14.4 Å². The highest BCUT2D eigenvalue weighted by Gasteiger charge is 2.24. The fourth-order valence-corrected chi connectivity index (χ4v) is 3.79. The van der Waals surface area contributed by atoms with Gasteiger partial charge in [0.25, 0.3) is 0 Å². The quantitative estimate of drug-likeness (QED) is 0.789. The lowest BCUT2D eigenvalue weighted by Gasteiger charge is -2.25. The van der Waals surface area contributed by atoms with Gasteiger partial charge in [-0.05, 0) is 44.0 Å². The van der Waals surface area contributed by atoms with Gasteiger partial charge >= 0.3 is 0 Å². The van der Waals surface area contributed by atoms with Crippen molar-refractivity contribution in [3.05, 3.63) is 59.2 Å². The standard InChI is InChI=1S/C20H26N2O4S/c1-14-10-11-15(2)18(12-14)22(27(5,24)25)13-20(23)21-16(3)17-8-6-7-9-19(17)26-4/h6-12,16H,13H2,1-5H3,(H,21,23)/t16-/m1/s1. The van der Waals surface area contributed by atoms with Crippen molar-refractivity contribution in [2.45, 2.75) is 26.8 Å². The van der Waals surface area contributed by atoms with E-state index in [2.05, 4.69) is 5.32 Å². The number of nitrogens with zero attached hydrogens (tertiary/aromatic N) is 1. The van der Waals surface area contributed by atoms with Crippen molar-refractivity contribution in [1.29, 1.82) is 0 Å². The molecule has 0 aromatic heterocycles. The molecular formula is C20H26N2O4S. The number of benzene rings is 2. The summed E-state index contributed by atoms with van der Waals surface area (Å²) in [6, 6.07) is 12.6. The molecule has 2 aromatic rings. The molecule has 0 bridgehead atoms. The van der Waals surface area contributed by atoms with Gasteiger partial charge in [0, 0.05) is 5.56 Å². The molecule has 0 spiro atoms. The van der Waals surface area contributed by atoms with E-state index >= 15 is 0 Å². The average Bonchev–Trinajstić information content (AvgIpc) is 2.61. The van der Waals surface area contributed by atoms with Gasteiger partial charge in [-0.1, -0.05) is 30.3 Å². The summed E-state index contributed by atoms with van der Waals surface area (Å²) in [4.78, 5) is 12.6. The van der Waals surface area contributed by atoms with E-state index in [1.807, 2.05) is 57.2 Å². The molecule has 2 rings (SSSR count). The van der Waals surface area contributed by atoms with E-state index in [1.165, 1.54) is 0 Å². The summed E-state index contributed by atoms with van der Waals surface area (Å²) >= 11 is 0. The number of rotatable bonds is 7. The van der Waals surface area contributed by atoms with E-state index < -0.39 is 10.0 Å². The summed E-state index contributed by atoms with van der Waals surface area (Å²) in [6.07, 6.45) is 1.10. The Morgan fingerprint density at radius 2 is 1.85 bits per heavy atom. The van der Waals surface area contributed by atoms with Gasteiger partial charge in [0.15, 0.2) is 0 Å². The van der Waals surface area contributed by atoms with Crippen LogP contribution in [0.2, 0.25) is 0 Å². The van der Waals surface area contributed by atoms with Gasteiger partial charge in [0.2, 0.25) is 15.9 Å². The maximum atomic E-state index is 12.6. The molecule has 1 amide bonds. The van der Waals surface area contributed by atoms with Crippen LogP contribution >= 0.6 is 0 Å². The van der Waals surface area contributed by atoms with Crippen molar-refractivity contribution in [1.82, 2.24) is 5.32 Å². The number of hydrogen-bond acceptors (Lipinski definition) is 4. The zero-order valence-corrected chi connectivity index (χ0v) is 17.1. The number of ether oxygens (including phenoxy) is 1. The first-order valence-corrected chi connectivity index (χ1v) is 10.5. The smallest absolute Gasteiger partial charge is 0.241 e. The van der Waals surface area contributed by atoms with Gasteiger partial charge < -0.3 is 10.1 Å². The van der Waals surface area contributed by atoms with Crippen LogP contribution in [0, 0.1) is 13.8 Å². The lowest BCUT2D eigenvalue weighted by atomic mass is 10.1. The average molecular weight is 391 g/mol. The predicted molar refractivity (Wildman–Crippen MR) is 108 cm³/mol. The first kappa shape index (κ1) is 20.8. The molecular weight excluding hydrogens is 364 g/mol. The van der Waals surface area contributed by atoms with E-state index in [-0.39, 0.29) is 18.5 Å². The number of carbonyl (C=O) groups excluding carboxylic acids is 1. The summed E-state index contributed by atoms with van der Waals surface area (Å²) in [6.45, 7) is 5.25. The molecule has 0 saturated carbocycles. The predicted octanol–water partition coefficient (Wildman–Crippen LogP) is 2.96. The number of hydrogen-bond donors (Lipinski definition) is 1. The second kappa shape index (κ2) is 8.43. The van der Waals surface area contributed by atoms with Crippen LogP contribution in [-0.4, -0.2) is 34.2 Å². The molecule has 0 unspecified atom stereocenters. The first-order valence-electron chi connectivity index (χ1n) is 8.60. The highest BCUT2D eigenvalue weighted by molar-refractivity contribution is 7.92. The molecule has 6 nitrogen and oxygen atoms in total. The van der Waals surface area contributed by atoms with Crippen LogP contribution in [-0.2, 0) is 14.8 Å². The van der Waals surface area contributed by atoms with Crippen LogP contribution in [0.1, 0.15) is 29.7 Å². The lowest BCUT2D eigenvalue weighted by molar-refractivity contribution is -0.120. The fourth-order valence-electron chi connectivity index (χ4n) is 2.89. The monoisotopic (exact) mass is 390 g/mol. The third-order valence-corrected chi connectivity index (χ3v) is 5.43. The second-order valence-electron chi connectivity index (χ2n) is 6.59. The number of sulfonamides is 1. The van der Waals surface area contributed by atoms with Crippen LogP contribution in [0.4, 0.5) is 5.69 Å². The zero-order chi connectivity index (χ0) is 20.2. The first-order chi connectivity index (χ1) is 12.6. The maximum absolute atomic E-state index is 12.6. The van der Waals surface area contributed by atoms with Gasteiger partial charge in [-0.25, -0.2) is 8.42 Å². The van der Waals surface area contributed by atoms with Crippen LogP contribution in [0.3, 0.4) is 0 Å². The Kier molecular flexibility index (Phi) is 6.49. The summed E-state index contributed by atoms with van der Waals surface area (Å²) < 4.78 is 31.1. The largest absolute Gasteiger partial charge is 0.496 e. The number of amides is 1. The molecule has 7 heteroatoms. The molecule has 0 saturated heterocycles. The highest BCUT2D eigenvalue weighted by Crippen LogP contribution is 2.26. The molecule has 27 heavy (non-hydrogen) atoms. The third kappa shape index (κ3) is 5.23. The Morgan fingerprint density at radius 3 is 2.48 bits per heavy atom. The van der Waals surface area contributed by atoms with Gasteiger partial charge in [-0.15, -0.1) is 0 Å². The minimum absolute atomic E-state index is 0.289. The fraction of sp³-hybridized carbons (Fsp3) is 0.350. The molecule has 1 N–H and O–H groups in total. The van der Waals surface area contributed by atoms with Crippen LogP contribution in [0.5, 0.6) is 5.75 Å². The molecule has 0 heterocycles. The van der Waals surface area contributed by atoms with Gasteiger partial charge in [-0.3, -0.25) is 9.10 Å². The lowest BCUT2D eigenvalue weighted by Crippen LogP contribution is -2.41. The van der Waals surface area contributed by atoms with Crippen molar-refractivity contribution in [3.63, 3.8) is 0 Å². The van der Waals surface area contributed by atoms with Crippen molar-refractivity contribution in [2.24, 2.45) is 0 Å². The second-order valence-corrected chi connectivity index (χ2v) is 8.50. The molecule has 0 aliphatic carbocycles. The SMILES string of the molecule is COc1ccccc1[C@@H](C)NC(=O)CN(c1cc(C)ccc1C)S(C)(=O)=O. The Balaban J connectivity index is 2.23. The summed E-state index contributed by atoms with van der Waals surface area (Å²) in [5.41, 5.74) is 3.05. The van der Waals surface area contributed by atoms with Crippen molar-refractivity contribution in [2.75, 3.05) is 24.2 Å². The van der Waals surface area contributed by atoms with E-state index in [0.29, 0.717) is 11.4 Å². The molecule has 0 radical (unpaired) electrons.